The van der Waals surface area contributed by atoms with Gasteiger partial charge in [0.25, 0.3) is 0 Å². The number of hydrogen-bond donors (Lipinski definition) is 1. The molecule has 1 aliphatic heterocycles. The average molecular weight is 304 g/mol. The molecule has 0 bridgehead atoms. The third-order valence-electron chi connectivity index (χ3n) is 3.69. The molecule has 1 aromatic heterocycles. The van der Waals surface area contributed by atoms with E-state index in [-0.39, 0.29) is 0 Å². The third kappa shape index (κ3) is 3.12. The molecule has 1 saturated heterocycles. The van der Waals surface area contributed by atoms with E-state index < -0.39 is 0 Å². The van der Waals surface area contributed by atoms with Gasteiger partial charge in [-0.15, -0.1) is 0 Å². The van der Waals surface area contributed by atoms with E-state index in [1.54, 1.807) is 0 Å². The number of nitrogens with two attached hydrogens (primary N) is 1. The summed E-state index contributed by atoms with van der Waals surface area (Å²) in [6.45, 7) is 5.19. The van der Waals surface area contributed by atoms with Crippen molar-refractivity contribution in [3.05, 3.63) is 41.0 Å². The quantitative estimate of drug-likeness (QED) is 0.684. The molecule has 1 fully saturated rings. The number of rotatable bonds is 2. The van der Waals surface area contributed by atoms with E-state index in [0.717, 1.165) is 48.9 Å². The van der Waals surface area contributed by atoms with Gasteiger partial charge in [-0.25, -0.2) is 4.98 Å². The summed E-state index contributed by atoms with van der Waals surface area (Å²) in [6.07, 6.45) is 0. The number of ether oxygens (including phenoxy) is 1. The van der Waals surface area contributed by atoms with Crippen molar-refractivity contribution in [1.82, 2.24) is 4.98 Å². The van der Waals surface area contributed by atoms with Gasteiger partial charge in [-0.05, 0) is 47.9 Å². The molecule has 2 N–H and O–H groups in total. The Balaban J connectivity index is 2.02. The Bertz CT molecular complexity index is 654. The zero-order chi connectivity index (χ0) is 14.8. The van der Waals surface area contributed by atoms with Gasteiger partial charge in [-0.2, -0.15) is 0 Å². The summed E-state index contributed by atoms with van der Waals surface area (Å²) in [4.78, 5) is 6.63. The van der Waals surface area contributed by atoms with Gasteiger partial charge in [0.15, 0.2) is 0 Å². The van der Waals surface area contributed by atoms with Crippen LogP contribution in [0.5, 0.6) is 0 Å². The first-order chi connectivity index (χ1) is 10.1. The first kappa shape index (κ1) is 14.2. The van der Waals surface area contributed by atoms with Gasteiger partial charge >= 0.3 is 0 Å². The Morgan fingerprint density at radius 2 is 1.95 bits per heavy atom. The van der Waals surface area contributed by atoms with Gasteiger partial charge < -0.3 is 15.4 Å². The predicted octanol–water partition coefficient (Wildman–Crippen LogP) is 3.13. The van der Waals surface area contributed by atoms with E-state index in [9.17, 15) is 0 Å². The van der Waals surface area contributed by atoms with Crippen molar-refractivity contribution in [3.8, 4) is 11.1 Å². The van der Waals surface area contributed by atoms with Crippen LogP contribution in [0.1, 0.15) is 5.56 Å². The number of hydrogen-bond acceptors (Lipinski definition) is 4. The normalized spacial score (nSPS) is 15.2. The summed E-state index contributed by atoms with van der Waals surface area (Å²) >= 11 is 6.21. The van der Waals surface area contributed by atoms with Crippen molar-refractivity contribution in [2.45, 2.75) is 6.92 Å². The second-order valence-corrected chi connectivity index (χ2v) is 5.60. The number of aromatic nitrogens is 1. The Kier molecular flexibility index (Phi) is 3.99. The lowest BCUT2D eigenvalue weighted by atomic mass is 10.0. The van der Waals surface area contributed by atoms with Crippen LogP contribution in [0.25, 0.3) is 11.1 Å². The number of nitrogen functional groups attached to an aromatic ring is 1. The van der Waals surface area contributed by atoms with Crippen molar-refractivity contribution >= 4 is 23.1 Å². The van der Waals surface area contributed by atoms with Crippen LogP contribution < -0.4 is 10.6 Å². The van der Waals surface area contributed by atoms with Crippen LogP contribution >= 0.6 is 11.6 Å². The van der Waals surface area contributed by atoms with Crippen molar-refractivity contribution in [1.29, 1.82) is 0 Å². The average Bonchev–Trinajstić information content (AvgIpc) is 2.50. The Labute approximate surface area is 129 Å². The monoisotopic (exact) mass is 303 g/mol. The molecule has 0 unspecified atom stereocenters. The molecule has 0 radical (unpaired) electrons. The molecule has 1 aromatic carbocycles. The maximum atomic E-state index is 6.21. The Hall–Kier alpha value is -1.78. The van der Waals surface area contributed by atoms with Gasteiger partial charge in [-0.1, -0.05) is 17.7 Å². The highest BCUT2D eigenvalue weighted by atomic mass is 35.5. The lowest BCUT2D eigenvalue weighted by Gasteiger charge is -2.28. The minimum atomic E-state index is 0.496. The predicted molar refractivity (Wildman–Crippen MR) is 86.9 cm³/mol. The van der Waals surface area contributed by atoms with Crippen LogP contribution in [0.3, 0.4) is 0 Å². The third-order valence-corrected chi connectivity index (χ3v) is 3.88. The highest BCUT2D eigenvalue weighted by Crippen LogP contribution is 2.30. The second kappa shape index (κ2) is 5.92. The molecule has 21 heavy (non-hydrogen) atoms. The molecule has 0 atom stereocenters. The fraction of sp³-hybridized carbons (Fsp3) is 0.312. The number of morpholine rings is 1. The first-order valence-electron chi connectivity index (χ1n) is 7.00. The standard InChI is InChI=1S/C16H18ClN3O/c1-11-2-3-13(18)10-14(11)12-8-15(17)19-16(9-12)20-4-6-21-7-5-20/h2-3,8-10H,4-7,18H2,1H3. The molecule has 0 spiro atoms. The molecule has 110 valence electrons. The molecule has 0 aliphatic carbocycles. The fourth-order valence-corrected chi connectivity index (χ4v) is 2.75. The largest absolute Gasteiger partial charge is 0.399 e. The van der Waals surface area contributed by atoms with Crippen LogP contribution in [-0.2, 0) is 4.74 Å². The molecule has 5 heteroatoms. The first-order valence-corrected chi connectivity index (χ1v) is 7.38. The number of aryl methyl sites for hydroxylation is 1. The van der Waals surface area contributed by atoms with E-state index in [0.29, 0.717) is 5.15 Å². The molecular formula is C16H18ClN3O. The molecule has 3 rings (SSSR count). The molecule has 2 aromatic rings. The number of halogens is 1. The van der Waals surface area contributed by atoms with E-state index >= 15 is 0 Å². The summed E-state index contributed by atoms with van der Waals surface area (Å²) in [5, 5.41) is 0.496. The van der Waals surface area contributed by atoms with Gasteiger partial charge in [0.1, 0.15) is 11.0 Å². The lowest BCUT2D eigenvalue weighted by molar-refractivity contribution is 0.122. The smallest absolute Gasteiger partial charge is 0.132 e. The summed E-state index contributed by atoms with van der Waals surface area (Å²) in [6, 6.07) is 9.86. The maximum absolute atomic E-state index is 6.21. The van der Waals surface area contributed by atoms with Crippen LogP contribution in [0.2, 0.25) is 5.15 Å². The number of pyridine rings is 1. The van der Waals surface area contributed by atoms with E-state index in [2.05, 4.69) is 22.9 Å². The zero-order valence-electron chi connectivity index (χ0n) is 12.0. The highest BCUT2D eigenvalue weighted by molar-refractivity contribution is 6.29. The van der Waals surface area contributed by atoms with Crippen molar-refractivity contribution < 1.29 is 4.74 Å². The Morgan fingerprint density at radius 3 is 2.71 bits per heavy atom. The van der Waals surface area contributed by atoms with Gasteiger partial charge in [0.05, 0.1) is 13.2 Å². The molecular weight excluding hydrogens is 286 g/mol. The number of benzene rings is 1. The summed E-state index contributed by atoms with van der Waals surface area (Å²) in [5.41, 5.74) is 9.96. The van der Waals surface area contributed by atoms with E-state index in [1.165, 1.54) is 5.56 Å². The minimum Gasteiger partial charge on any atom is -0.399 e. The molecule has 0 amide bonds. The van der Waals surface area contributed by atoms with E-state index in [1.807, 2.05) is 24.3 Å². The lowest BCUT2D eigenvalue weighted by Crippen LogP contribution is -2.36. The molecule has 2 heterocycles. The van der Waals surface area contributed by atoms with Crippen molar-refractivity contribution in [2.75, 3.05) is 36.9 Å². The van der Waals surface area contributed by atoms with E-state index in [4.69, 9.17) is 22.1 Å². The Morgan fingerprint density at radius 1 is 1.19 bits per heavy atom. The summed E-state index contributed by atoms with van der Waals surface area (Å²) < 4.78 is 5.38. The van der Waals surface area contributed by atoms with Gasteiger partial charge in [0, 0.05) is 18.8 Å². The summed E-state index contributed by atoms with van der Waals surface area (Å²) in [7, 11) is 0. The topological polar surface area (TPSA) is 51.4 Å². The number of nitrogens with zero attached hydrogens (tertiary/aromatic N) is 2. The second-order valence-electron chi connectivity index (χ2n) is 5.21. The van der Waals surface area contributed by atoms with Crippen LogP contribution in [0.15, 0.2) is 30.3 Å². The molecule has 0 saturated carbocycles. The van der Waals surface area contributed by atoms with Gasteiger partial charge in [0.2, 0.25) is 0 Å². The van der Waals surface area contributed by atoms with Gasteiger partial charge in [-0.3, -0.25) is 0 Å². The summed E-state index contributed by atoms with van der Waals surface area (Å²) in [5.74, 6) is 0.891. The van der Waals surface area contributed by atoms with Crippen molar-refractivity contribution in [2.24, 2.45) is 0 Å². The fourth-order valence-electron chi connectivity index (χ4n) is 2.54. The molecule has 1 aliphatic rings. The number of anilines is 2. The van der Waals surface area contributed by atoms with Crippen molar-refractivity contribution in [3.63, 3.8) is 0 Å². The molecule has 4 nitrogen and oxygen atoms in total. The zero-order valence-corrected chi connectivity index (χ0v) is 12.7. The minimum absolute atomic E-state index is 0.496. The van der Waals surface area contributed by atoms with Crippen LogP contribution in [0, 0.1) is 6.92 Å². The van der Waals surface area contributed by atoms with Crippen LogP contribution in [-0.4, -0.2) is 31.3 Å². The SMILES string of the molecule is Cc1ccc(N)cc1-c1cc(Cl)nc(N2CCOCC2)c1. The highest BCUT2D eigenvalue weighted by Gasteiger charge is 2.15. The maximum Gasteiger partial charge on any atom is 0.132 e. The van der Waals surface area contributed by atoms with Crippen LogP contribution in [0.4, 0.5) is 11.5 Å².